The van der Waals surface area contributed by atoms with Crippen LogP contribution in [-0.2, 0) is 11.2 Å². The van der Waals surface area contributed by atoms with Gasteiger partial charge < -0.3 is 10.1 Å². The van der Waals surface area contributed by atoms with Crippen LogP contribution in [0.25, 0.3) is 0 Å². The number of hydrogen-bond donors (Lipinski definition) is 1. The quantitative estimate of drug-likeness (QED) is 0.789. The smallest absolute Gasteiger partial charge is 0.370 e. The zero-order chi connectivity index (χ0) is 15.9. The molecule has 5 heteroatoms. The van der Waals surface area contributed by atoms with Crippen LogP contribution < -0.4 is 5.32 Å². The second-order valence-electron chi connectivity index (χ2n) is 5.40. The maximum atomic E-state index is 12.1. The average Bonchev–Trinajstić information content (AvgIpc) is 2.38. The number of ether oxygens (including phenoxy) is 1. The van der Waals surface area contributed by atoms with Gasteiger partial charge in [0.1, 0.15) is 6.61 Å². The molecule has 0 amide bonds. The minimum absolute atomic E-state index is 0.0619. The Kier molecular flexibility index (Phi) is 7.18. The molecule has 21 heavy (non-hydrogen) atoms. The minimum atomic E-state index is -4.27. The van der Waals surface area contributed by atoms with E-state index in [1.165, 1.54) is 11.1 Å². The van der Waals surface area contributed by atoms with Gasteiger partial charge in [-0.25, -0.2) is 0 Å². The lowest BCUT2D eigenvalue weighted by Gasteiger charge is -2.20. The highest BCUT2D eigenvalue weighted by atomic mass is 19.4. The van der Waals surface area contributed by atoms with Crippen molar-refractivity contribution in [3.8, 4) is 0 Å². The molecule has 0 aliphatic rings. The van der Waals surface area contributed by atoms with Crippen LogP contribution in [0, 0.1) is 13.8 Å². The highest BCUT2D eigenvalue weighted by Gasteiger charge is 2.27. The highest BCUT2D eigenvalue weighted by molar-refractivity contribution is 5.30. The van der Waals surface area contributed by atoms with Crippen molar-refractivity contribution in [2.45, 2.75) is 45.8 Å². The van der Waals surface area contributed by atoms with Gasteiger partial charge in [-0.1, -0.05) is 25.1 Å². The predicted molar refractivity (Wildman–Crippen MR) is 78.6 cm³/mol. The van der Waals surface area contributed by atoms with E-state index in [0.717, 1.165) is 18.5 Å². The first-order valence-corrected chi connectivity index (χ1v) is 7.26. The Morgan fingerprint density at radius 3 is 2.48 bits per heavy atom. The van der Waals surface area contributed by atoms with Crippen LogP contribution in [0.15, 0.2) is 18.2 Å². The Bertz CT molecular complexity index is 432. The second kappa shape index (κ2) is 8.39. The number of nitrogens with one attached hydrogen (secondary N) is 1. The largest absolute Gasteiger partial charge is 0.411 e. The van der Waals surface area contributed by atoms with Crippen molar-refractivity contribution in [1.29, 1.82) is 0 Å². The van der Waals surface area contributed by atoms with Crippen molar-refractivity contribution < 1.29 is 17.9 Å². The highest BCUT2D eigenvalue weighted by Crippen LogP contribution is 2.15. The normalized spacial score (nSPS) is 13.4. The van der Waals surface area contributed by atoms with E-state index in [0.29, 0.717) is 6.42 Å². The summed E-state index contributed by atoms with van der Waals surface area (Å²) in [7, 11) is 0. The summed E-state index contributed by atoms with van der Waals surface area (Å²) in [4.78, 5) is 0. The summed E-state index contributed by atoms with van der Waals surface area (Å²) in [5.41, 5.74) is 3.52. The summed E-state index contributed by atoms with van der Waals surface area (Å²) >= 11 is 0. The summed E-state index contributed by atoms with van der Waals surface area (Å²) in [6.45, 7) is 5.74. The summed E-state index contributed by atoms with van der Waals surface area (Å²) in [6, 6.07) is 6.04. The predicted octanol–water partition coefficient (Wildman–Crippen LogP) is 3.79. The number of benzene rings is 1. The van der Waals surface area contributed by atoms with Crippen molar-refractivity contribution in [1.82, 2.24) is 5.32 Å². The average molecular weight is 303 g/mol. The summed E-state index contributed by atoms with van der Waals surface area (Å²) in [6.07, 6.45) is -2.67. The summed E-state index contributed by atoms with van der Waals surface area (Å²) in [5, 5.41) is 3.25. The van der Waals surface area contributed by atoms with Gasteiger partial charge in [-0.3, -0.25) is 0 Å². The zero-order valence-corrected chi connectivity index (χ0v) is 12.9. The van der Waals surface area contributed by atoms with Crippen LogP contribution in [0.5, 0.6) is 0 Å². The van der Waals surface area contributed by atoms with Gasteiger partial charge in [-0.05, 0) is 49.9 Å². The fourth-order valence-electron chi connectivity index (χ4n) is 2.07. The van der Waals surface area contributed by atoms with Crippen molar-refractivity contribution >= 4 is 0 Å². The Morgan fingerprint density at radius 2 is 1.90 bits per heavy atom. The van der Waals surface area contributed by atoms with Gasteiger partial charge in [-0.2, -0.15) is 13.2 Å². The molecule has 0 radical (unpaired) electrons. The van der Waals surface area contributed by atoms with Gasteiger partial charge in [0.25, 0.3) is 0 Å². The molecule has 0 saturated heterocycles. The van der Waals surface area contributed by atoms with E-state index >= 15 is 0 Å². The monoisotopic (exact) mass is 303 g/mol. The lowest BCUT2D eigenvalue weighted by atomic mass is 10.0. The maximum Gasteiger partial charge on any atom is 0.411 e. The van der Waals surface area contributed by atoms with Crippen LogP contribution in [-0.4, -0.2) is 32.0 Å². The molecular weight excluding hydrogens is 279 g/mol. The Morgan fingerprint density at radius 1 is 1.19 bits per heavy atom. The molecule has 0 heterocycles. The molecule has 1 rings (SSSR count). The number of hydrogen-bond acceptors (Lipinski definition) is 2. The second-order valence-corrected chi connectivity index (χ2v) is 5.40. The molecular formula is C16H24F3NO. The number of rotatable bonds is 8. The fraction of sp³-hybridized carbons (Fsp3) is 0.625. The molecule has 0 fully saturated rings. The van der Waals surface area contributed by atoms with Gasteiger partial charge in [0.05, 0.1) is 6.61 Å². The maximum absolute atomic E-state index is 12.1. The van der Waals surface area contributed by atoms with Gasteiger partial charge in [0, 0.05) is 6.04 Å². The molecule has 120 valence electrons. The van der Waals surface area contributed by atoms with Crippen molar-refractivity contribution in [2.24, 2.45) is 0 Å². The van der Waals surface area contributed by atoms with Crippen LogP contribution in [0.2, 0.25) is 0 Å². The molecule has 1 atom stereocenters. The van der Waals surface area contributed by atoms with Crippen molar-refractivity contribution in [2.75, 3.05) is 19.8 Å². The summed E-state index contributed by atoms with van der Waals surface area (Å²) in [5.74, 6) is 0. The fourth-order valence-corrected chi connectivity index (χ4v) is 2.07. The molecule has 0 saturated carbocycles. The topological polar surface area (TPSA) is 21.3 Å². The molecule has 0 aliphatic heterocycles. The Labute approximate surface area is 124 Å². The standard InChI is InChI=1S/C16H24F3NO/c1-4-7-20-15(10-21-11-16(17,18)19)9-14-6-5-12(2)13(3)8-14/h5-6,8,15,20H,4,7,9-11H2,1-3H3. The summed E-state index contributed by atoms with van der Waals surface area (Å²) < 4.78 is 41.2. The van der Waals surface area contributed by atoms with Crippen molar-refractivity contribution in [3.63, 3.8) is 0 Å². The Balaban J connectivity index is 2.57. The van der Waals surface area contributed by atoms with E-state index < -0.39 is 12.8 Å². The first-order chi connectivity index (χ1) is 9.81. The molecule has 1 N–H and O–H groups in total. The van der Waals surface area contributed by atoms with Crippen LogP contribution in [0.4, 0.5) is 13.2 Å². The minimum Gasteiger partial charge on any atom is -0.370 e. The Hall–Kier alpha value is -1.07. The lowest BCUT2D eigenvalue weighted by molar-refractivity contribution is -0.175. The van der Waals surface area contributed by atoms with Crippen molar-refractivity contribution in [3.05, 3.63) is 34.9 Å². The molecule has 0 aromatic heterocycles. The third-order valence-corrected chi connectivity index (χ3v) is 3.32. The number of halogens is 3. The van der Waals surface area contributed by atoms with E-state index in [-0.39, 0.29) is 12.6 Å². The third-order valence-electron chi connectivity index (χ3n) is 3.32. The third kappa shape index (κ3) is 7.48. The van der Waals surface area contributed by atoms with Gasteiger partial charge in [0.15, 0.2) is 0 Å². The van der Waals surface area contributed by atoms with E-state index in [9.17, 15) is 13.2 Å². The first-order valence-electron chi connectivity index (χ1n) is 7.26. The van der Waals surface area contributed by atoms with Crippen LogP contribution in [0.3, 0.4) is 0 Å². The lowest BCUT2D eigenvalue weighted by Crippen LogP contribution is -2.37. The zero-order valence-electron chi connectivity index (χ0n) is 12.9. The number of alkyl halides is 3. The van der Waals surface area contributed by atoms with Crippen LogP contribution in [0.1, 0.15) is 30.0 Å². The van der Waals surface area contributed by atoms with E-state index in [2.05, 4.69) is 11.4 Å². The van der Waals surface area contributed by atoms with E-state index in [4.69, 9.17) is 4.74 Å². The molecule has 0 bridgehead atoms. The van der Waals surface area contributed by atoms with Crippen LogP contribution >= 0.6 is 0 Å². The van der Waals surface area contributed by atoms with Gasteiger partial charge in [0.2, 0.25) is 0 Å². The SMILES string of the molecule is CCCNC(COCC(F)(F)F)Cc1ccc(C)c(C)c1. The molecule has 1 unspecified atom stereocenters. The molecule has 2 nitrogen and oxygen atoms in total. The molecule has 0 spiro atoms. The van der Waals surface area contributed by atoms with Gasteiger partial charge >= 0.3 is 6.18 Å². The van der Waals surface area contributed by atoms with E-state index in [1.807, 2.05) is 32.9 Å². The number of aryl methyl sites for hydroxylation is 2. The van der Waals surface area contributed by atoms with Gasteiger partial charge in [-0.15, -0.1) is 0 Å². The first kappa shape index (κ1) is 18.0. The molecule has 1 aromatic carbocycles. The molecule has 1 aromatic rings. The molecule has 0 aliphatic carbocycles. The van der Waals surface area contributed by atoms with E-state index in [1.54, 1.807) is 0 Å².